The maximum absolute atomic E-state index is 13.7. The summed E-state index contributed by atoms with van der Waals surface area (Å²) in [6.07, 6.45) is 6.35. The molecule has 3 aliphatic rings. The SMILES string of the molecule is CS(=O)(=O)N1CC[C@H](Nc2nccc(N(CC3CCNCC3)C(=O)c3ccc4c(c3)CCO4)n2)C1. The van der Waals surface area contributed by atoms with Gasteiger partial charge in [-0.3, -0.25) is 9.69 Å². The largest absolute Gasteiger partial charge is 0.493 e. The van der Waals surface area contributed by atoms with Crippen molar-refractivity contribution in [3.05, 3.63) is 41.6 Å². The van der Waals surface area contributed by atoms with Crippen molar-refractivity contribution < 1.29 is 17.9 Å². The Kier molecular flexibility index (Phi) is 6.90. The highest BCUT2D eigenvalue weighted by Gasteiger charge is 2.30. The van der Waals surface area contributed by atoms with Gasteiger partial charge < -0.3 is 15.4 Å². The number of fused-ring (bicyclic) bond motifs is 1. The minimum atomic E-state index is -3.23. The summed E-state index contributed by atoms with van der Waals surface area (Å²) in [5.74, 6) is 2.07. The average Bonchev–Trinajstić information content (AvgIpc) is 3.52. The van der Waals surface area contributed by atoms with Gasteiger partial charge in [0.2, 0.25) is 16.0 Å². The van der Waals surface area contributed by atoms with Gasteiger partial charge in [-0.1, -0.05) is 0 Å². The number of hydrogen-bond acceptors (Lipinski definition) is 8. The van der Waals surface area contributed by atoms with Crippen LogP contribution in [0.25, 0.3) is 0 Å². The number of amides is 1. The Balaban J connectivity index is 1.38. The summed E-state index contributed by atoms with van der Waals surface area (Å²) < 4.78 is 30.8. The summed E-state index contributed by atoms with van der Waals surface area (Å²) >= 11 is 0. The van der Waals surface area contributed by atoms with Crippen LogP contribution in [0.15, 0.2) is 30.5 Å². The molecule has 1 aromatic carbocycles. The van der Waals surface area contributed by atoms with E-state index in [0.29, 0.717) is 55.9 Å². The van der Waals surface area contributed by atoms with Crippen LogP contribution in [0.2, 0.25) is 0 Å². The minimum Gasteiger partial charge on any atom is -0.493 e. The number of hydrogen-bond donors (Lipinski definition) is 2. The van der Waals surface area contributed by atoms with E-state index in [-0.39, 0.29) is 11.9 Å². The zero-order valence-electron chi connectivity index (χ0n) is 19.9. The third-order valence-corrected chi connectivity index (χ3v) is 8.22. The molecule has 0 radical (unpaired) electrons. The molecule has 1 amide bonds. The van der Waals surface area contributed by atoms with Crippen molar-refractivity contribution in [1.29, 1.82) is 0 Å². The molecule has 0 bridgehead atoms. The molecule has 2 fully saturated rings. The van der Waals surface area contributed by atoms with E-state index in [1.807, 2.05) is 18.2 Å². The van der Waals surface area contributed by atoms with Gasteiger partial charge in [0.25, 0.3) is 5.91 Å². The molecular weight excluding hydrogens is 468 g/mol. The number of carbonyl (C=O) groups is 1. The standard InChI is InChI=1S/C24H32N6O4S/c1-35(32,33)29-12-7-20(16-29)27-24-26-11-6-22(28-24)30(15-17-4-9-25-10-5-17)23(31)19-2-3-21-18(14-19)8-13-34-21/h2-3,6,11,14,17,20,25H,4-5,7-10,12-13,15-16H2,1H3,(H,26,27,28)/t20-/m0/s1. The number of rotatable bonds is 7. The summed E-state index contributed by atoms with van der Waals surface area (Å²) in [6, 6.07) is 7.31. The van der Waals surface area contributed by atoms with E-state index in [4.69, 9.17) is 4.74 Å². The number of piperidine rings is 1. The van der Waals surface area contributed by atoms with E-state index in [1.54, 1.807) is 17.2 Å². The van der Waals surface area contributed by atoms with Crippen LogP contribution in [0.3, 0.4) is 0 Å². The number of anilines is 2. The topological polar surface area (TPSA) is 117 Å². The molecule has 2 aromatic rings. The maximum atomic E-state index is 13.7. The molecule has 0 spiro atoms. The minimum absolute atomic E-state index is 0.0785. The van der Waals surface area contributed by atoms with Gasteiger partial charge in [-0.2, -0.15) is 4.98 Å². The highest BCUT2D eigenvalue weighted by Crippen LogP contribution is 2.28. The van der Waals surface area contributed by atoms with Crippen molar-refractivity contribution in [2.24, 2.45) is 5.92 Å². The summed E-state index contributed by atoms with van der Waals surface area (Å²) in [5, 5.41) is 6.64. The molecule has 0 unspecified atom stereocenters. The summed E-state index contributed by atoms with van der Waals surface area (Å²) in [7, 11) is -3.23. The molecular formula is C24H32N6O4S. The van der Waals surface area contributed by atoms with Gasteiger partial charge in [0.15, 0.2) is 0 Å². The molecule has 35 heavy (non-hydrogen) atoms. The molecule has 5 rings (SSSR count). The van der Waals surface area contributed by atoms with Gasteiger partial charge in [0.05, 0.1) is 12.9 Å². The molecule has 1 aromatic heterocycles. The van der Waals surface area contributed by atoms with Crippen LogP contribution in [0.1, 0.15) is 35.2 Å². The predicted molar refractivity (Wildman–Crippen MR) is 133 cm³/mol. The summed E-state index contributed by atoms with van der Waals surface area (Å²) in [5.41, 5.74) is 1.68. The van der Waals surface area contributed by atoms with Crippen LogP contribution < -0.4 is 20.3 Å². The molecule has 1 atom stereocenters. The van der Waals surface area contributed by atoms with E-state index in [9.17, 15) is 13.2 Å². The van der Waals surface area contributed by atoms with Crippen LogP contribution >= 0.6 is 0 Å². The second kappa shape index (κ2) is 10.1. The zero-order chi connectivity index (χ0) is 24.4. The van der Waals surface area contributed by atoms with Gasteiger partial charge in [-0.25, -0.2) is 17.7 Å². The van der Waals surface area contributed by atoms with Crippen LogP contribution in [0, 0.1) is 5.92 Å². The number of ether oxygens (including phenoxy) is 1. The first kappa shape index (κ1) is 24.0. The average molecular weight is 501 g/mol. The quantitative estimate of drug-likeness (QED) is 0.588. The highest BCUT2D eigenvalue weighted by molar-refractivity contribution is 7.88. The Morgan fingerprint density at radius 3 is 2.86 bits per heavy atom. The molecule has 10 nitrogen and oxygen atoms in total. The van der Waals surface area contributed by atoms with Gasteiger partial charge in [0, 0.05) is 43.9 Å². The molecule has 3 aliphatic heterocycles. The number of carbonyl (C=O) groups excluding carboxylic acids is 1. The molecule has 0 aliphatic carbocycles. The van der Waals surface area contributed by atoms with Gasteiger partial charge in [-0.15, -0.1) is 0 Å². The summed E-state index contributed by atoms with van der Waals surface area (Å²) in [6.45, 7) is 3.95. The van der Waals surface area contributed by atoms with Gasteiger partial charge >= 0.3 is 0 Å². The molecule has 0 saturated carbocycles. The van der Waals surface area contributed by atoms with Gasteiger partial charge in [0.1, 0.15) is 11.6 Å². The number of sulfonamides is 1. The monoisotopic (exact) mass is 500 g/mol. The number of nitrogens with one attached hydrogen (secondary N) is 2. The second-order valence-corrected chi connectivity index (χ2v) is 11.5. The first-order valence-corrected chi connectivity index (χ1v) is 14.0. The van der Waals surface area contributed by atoms with Crippen molar-refractivity contribution in [1.82, 2.24) is 19.6 Å². The van der Waals surface area contributed by atoms with Crippen LogP contribution in [-0.2, 0) is 16.4 Å². The van der Waals surface area contributed by atoms with Crippen LogP contribution in [-0.4, -0.2) is 80.2 Å². The van der Waals surface area contributed by atoms with E-state index >= 15 is 0 Å². The Bertz CT molecular complexity index is 1180. The second-order valence-electron chi connectivity index (χ2n) is 9.52. The predicted octanol–water partition coefficient (Wildman–Crippen LogP) is 1.50. The van der Waals surface area contributed by atoms with Crippen molar-refractivity contribution in [3.63, 3.8) is 0 Å². The normalized spacial score (nSPS) is 20.9. The Morgan fingerprint density at radius 1 is 1.26 bits per heavy atom. The molecule has 188 valence electrons. The Hall–Kier alpha value is -2.76. The zero-order valence-corrected chi connectivity index (χ0v) is 20.8. The van der Waals surface area contributed by atoms with Crippen molar-refractivity contribution in [3.8, 4) is 5.75 Å². The first-order valence-electron chi connectivity index (χ1n) is 12.2. The van der Waals surface area contributed by atoms with Crippen LogP contribution in [0.4, 0.5) is 11.8 Å². The fourth-order valence-electron chi connectivity index (χ4n) is 4.98. The Labute approximate surface area is 206 Å². The summed E-state index contributed by atoms with van der Waals surface area (Å²) in [4.78, 5) is 24.5. The van der Waals surface area contributed by atoms with Crippen molar-refractivity contribution >= 4 is 27.7 Å². The van der Waals surface area contributed by atoms with Crippen molar-refractivity contribution in [2.45, 2.75) is 31.7 Å². The molecule has 4 heterocycles. The van der Waals surface area contributed by atoms with E-state index in [2.05, 4.69) is 20.6 Å². The number of nitrogens with zero attached hydrogens (tertiary/aromatic N) is 4. The van der Waals surface area contributed by atoms with E-state index in [0.717, 1.165) is 43.7 Å². The smallest absolute Gasteiger partial charge is 0.259 e. The third-order valence-electron chi connectivity index (χ3n) is 6.95. The Morgan fingerprint density at radius 2 is 2.09 bits per heavy atom. The van der Waals surface area contributed by atoms with Crippen molar-refractivity contribution in [2.75, 3.05) is 55.8 Å². The lowest BCUT2D eigenvalue weighted by molar-refractivity contribution is 0.0980. The first-order chi connectivity index (χ1) is 16.9. The third kappa shape index (κ3) is 5.57. The fraction of sp³-hybridized carbons (Fsp3) is 0.542. The lowest BCUT2D eigenvalue weighted by Gasteiger charge is -2.30. The maximum Gasteiger partial charge on any atom is 0.259 e. The molecule has 2 saturated heterocycles. The lowest BCUT2D eigenvalue weighted by Crippen LogP contribution is -2.40. The number of benzene rings is 1. The molecule has 11 heteroatoms. The molecule has 2 N–H and O–H groups in total. The van der Waals surface area contributed by atoms with Crippen LogP contribution in [0.5, 0.6) is 5.75 Å². The van der Waals surface area contributed by atoms with E-state index in [1.165, 1.54) is 10.6 Å². The fourth-order valence-corrected chi connectivity index (χ4v) is 5.87. The number of aromatic nitrogens is 2. The highest BCUT2D eigenvalue weighted by atomic mass is 32.2. The van der Waals surface area contributed by atoms with E-state index < -0.39 is 10.0 Å². The lowest BCUT2D eigenvalue weighted by atomic mass is 9.97. The van der Waals surface area contributed by atoms with Gasteiger partial charge in [-0.05, 0) is 68.1 Å².